The highest BCUT2D eigenvalue weighted by Gasteiger charge is 2.15. The van der Waals surface area contributed by atoms with E-state index in [4.69, 9.17) is 0 Å². The smallest absolute Gasteiger partial charge is 0.263 e. The van der Waals surface area contributed by atoms with Gasteiger partial charge in [0.1, 0.15) is 9.88 Å². The Morgan fingerprint density at radius 2 is 1.74 bits per heavy atom. The molecule has 3 nitrogen and oxygen atoms in total. The first-order valence-corrected chi connectivity index (χ1v) is 8.32. The summed E-state index contributed by atoms with van der Waals surface area (Å²) in [6, 6.07) is 18.1. The summed E-state index contributed by atoms with van der Waals surface area (Å²) < 4.78 is 0. The Kier molecular flexibility index (Phi) is 4.53. The Balaban J connectivity index is 1.72. The minimum atomic E-state index is -0.0669. The van der Waals surface area contributed by atoms with Crippen molar-refractivity contribution in [1.82, 2.24) is 10.3 Å². The van der Waals surface area contributed by atoms with Crippen molar-refractivity contribution < 1.29 is 4.79 Å². The molecule has 116 valence electrons. The highest BCUT2D eigenvalue weighted by Crippen LogP contribution is 2.27. The zero-order valence-electron chi connectivity index (χ0n) is 13.2. The molecule has 0 aliphatic heterocycles. The number of aryl methyl sites for hydroxylation is 2. The molecule has 1 aromatic heterocycles. The van der Waals surface area contributed by atoms with Gasteiger partial charge in [-0.2, -0.15) is 0 Å². The van der Waals surface area contributed by atoms with Gasteiger partial charge in [-0.05, 0) is 19.4 Å². The van der Waals surface area contributed by atoms with E-state index in [1.54, 1.807) is 0 Å². The molecule has 3 aromatic rings. The van der Waals surface area contributed by atoms with Crippen molar-refractivity contribution in [3.63, 3.8) is 0 Å². The monoisotopic (exact) mass is 322 g/mol. The SMILES string of the molecule is Cc1ccc(CNC(=O)c2sc(-c3ccccc3)nc2C)cc1. The molecule has 23 heavy (non-hydrogen) atoms. The number of carbonyl (C=O) groups is 1. The molecule has 4 heteroatoms. The molecule has 0 fully saturated rings. The van der Waals surface area contributed by atoms with E-state index in [0.29, 0.717) is 11.4 Å². The summed E-state index contributed by atoms with van der Waals surface area (Å²) in [4.78, 5) is 17.6. The van der Waals surface area contributed by atoms with Crippen LogP contribution in [0.1, 0.15) is 26.5 Å². The van der Waals surface area contributed by atoms with E-state index >= 15 is 0 Å². The molecule has 0 bridgehead atoms. The molecule has 0 aliphatic carbocycles. The van der Waals surface area contributed by atoms with Crippen molar-refractivity contribution in [2.24, 2.45) is 0 Å². The molecule has 1 N–H and O–H groups in total. The second-order valence-electron chi connectivity index (χ2n) is 5.47. The first-order valence-electron chi connectivity index (χ1n) is 7.50. The molecule has 0 radical (unpaired) electrons. The Morgan fingerprint density at radius 3 is 2.43 bits per heavy atom. The van der Waals surface area contributed by atoms with Gasteiger partial charge < -0.3 is 5.32 Å². The van der Waals surface area contributed by atoms with E-state index in [0.717, 1.165) is 21.8 Å². The van der Waals surface area contributed by atoms with Gasteiger partial charge in [-0.25, -0.2) is 4.98 Å². The standard InChI is InChI=1S/C19H18N2OS/c1-13-8-10-15(11-9-13)12-20-18(22)17-14(2)21-19(23-17)16-6-4-3-5-7-16/h3-11H,12H2,1-2H3,(H,20,22). The van der Waals surface area contributed by atoms with E-state index in [1.807, 2.05) is 68.4 Å². The average molecular weight is 322 g/mol. The van der Waals surface area contributed by atoms with Gasteiger partial charge in [-0.15, -0.1) is 11.3 Å². The van der Waals surface area contributed by atoms with Crippen LogP contribution >= 0.6 is 11.3 Å². The Hall–Kier alpha value is -2.46. The van der Waals surface area contributed by atoms with Gasteiger partial charge in [0.25, 0.3) is 5.91 Å². The van der Waals surface area contributed by atoms with Crippen LogP contribution in [0.15, 0.2) is 54.6 Å². The molecule has 0 saturated heterocycles. The number of amides is 1. The lowest BCUT2D eigenvalue weighted by Crippen LogP contribution is -2.22. The minimum absolute atomic E-state index is 0.0669. The first kappa shape index (κ1) is 15.4. The molecule has 0 saturated carbocycles. The molecule has 1 amide bonds. The zero-order valence-corrected chi connectivity index (χ0v) is 14.0. The van der Waals surface area contributed by atoms with E-state index in [2.05, 4.69) is 10.3 Å². The number of hydrogen-bond acceptors (Lipinski definition) is 3. The second kappa shape index (κ2) is 6.75. The van der Waals surface area contributed by atoms with E-state index < -0.39 is 0 Å². The van der Waals surface area contributed by atoms with Crippen molar-refractivity contribution in [2.45, 2.75) is 20.4 Å². The van der Waals surface area contributed by atoms with Crippen LogP contribution in [0, 0.1) is 13.8 Å². The maximum atomic E-state index is 12.4. The fourth-order valence-corrected chi connectivity index (χ4v) is 3.27. The van der Waals surface area contributed by atoms with Crippen molar-refractivity contribution in [1.29, 1.82) is 0 Å². The molecular weight excluding hydrogens is 304 g/mol. The third kappa shape index (κ3) is 3.66. The fraction of sp³-hybridized carbons (Fsp3) is 0.158. The lowest BCUT2D eigenvalue weighted by molar-refractivity contribution is 0.0954. The molecule has 2 aromatic carbocycles. The lowest BCUT2D eigenvalue weighted by atomic mass is 10.1. The normalized spacial score (nSPS) is 10.5. The highest BCUT2D eigenvalue weighted by atomic mass is 32.1. The summed E-state index contributed by atoms with van der Waals surface area (Å²) in [6.07, 6.45) is 0. The molecule has 3 rings (SSSR count). The van der Waals surface area contributed by atoms with Crippen molar-refractivity contribution in [3.05, 3.63) is 76.3 Å². The Morgan fingerprint density at radius 1 is 1.04 bits per heavy atom. The number of hydrogen-bond donors (Lipinski definition) is 1. The molecule has 0 atom stereocenters. The highest BCUT2D eigenvalue weighted by molar-refractivity contribution is 7.17. The summed E-state index contributed by atoms with van der Waals surface area (Å²) in [6.45, 7) is 4.45. The van der Waals surface area contributed by atoms with Crippen molar-refractivity contribution in [2.75, 3.05) is 0 Å². The summed E-state index contributed by atoms with van der Waals surface area (Å²) in [7, 11) is 0. The van der Waals surface area contributed by atoms with Crippen LogP contribution in [0.3, 0.4) is 0 Å². The van der Waals surface area contributed by atoms with Gasteiger partial charge in [-0.1, -0.05) is 60.2 Å². The van der Waals surface area contributed by atoms with E-state index in [1.165, 1.54) is 16.9 Å². The van der Waals surface area contributed by atoms with Crippen LogP contribution < -0.4 is 5.32 Å². The summed E-state index contributed by atoms with van der Waals surface area (Å²) >= 11 is 1.44. The number of benzene rings is 2. The van der Waals surface area contributed by atoms with Gasteiger partial charge in [0.15, 0.2) is 0 Å². The van der Waals surface area contributed by atoms with E-state index in [9.17, 15) is 4.79 Å². The number of nitrogens with one attached hydrogen (secondary N) is 1. The Labute approximate surface area is 140 Å². The predicted octanol–water partition coefficient (Wildman–Crippen LogP) is 4.36. The average Bonchev–Trinajstić information content (AvgIpc) is 2.97. The third-order valence-corrected chi connectivity index (χ3v) is 4.80. The largest absolute Gasteiger partial charge is 0.347 e. The third-order valence-electron chi connectivity index (χ3n) is 3.60. The van der Waals surface area contributed by atoms with Crippen molar-refractivity contribution >= 4 is 17.2 Å². The van der Waals surface area contributed by atoms with Crippen LogP contribution in [0.2, 0.25) is 0 Å². The molecule has 0 aliphatic rings. The molecule has 0 spiro atoms. The zero-order chi connectivity index (χ0) is 16.2. The number of aromatic nitrogens is 1. The predicted molar refractivity (Wildman–Crippen MR) is 94.6 cm³/mol. The van der Waals surface area contributed by atoms with Crippen LogP contribution in [-0.2, 0) is 6.54 Å². The lowest BCUT2D eigenvalue weighted by Gasteiger charge is -2.04. The second-order valence-corrected chi connectivity index (χ2v) is 6.47. The minimum Gasteiger partial charge on any atom is -0.347 e. The van der Waals surface area contributed by atoms with Gasteiger partial charge >= 0.3 is 0 Å². The van der Waals surface area contributed by atoms with Crippen LogP contribution in [0.5, 0.6) is 0 Å². The topological polar surface area (TPSA) is 42.0 Å². The Bertz CT molecular complexity index is 807. The van der Waals surface area contributed by atoms with Gasteiger partial charge in [-0.3, -0.25) is 4.79 Å². The maximum absolute atomic E-state index is 12.4. The quantitative estimate of drug-likeness (QED) is 0.775. The molecular formula is C19H18N2OS. The van der Waals surface area contributed by atoms with Gasteiger partial charge in [0.2, 0.25) is 0 Å². The summed E-state index contributed by atoms with van der Waals surface area (Å²) in [5.41, 5.74) is 4.12. The van der Waals surface area contributed by atoms with E-state index in [-0.39, 0.29) is 5.91 Å². The number of nitrogens with zero attached hydrogens (tertiary/aromatic N) is 1. The number of thiazole rings is 1. The summed E-state index contributed by atoms with van der Waals surface area (Å²) in [5, 5.41) is 3.85. The molecule has 1 heterocycles. The fourth-order valence-electron chi connectivity index (χ4n) is 2.28. The van der Waals surface area contributed by atoms with Gasteiger partial charge in [0, 0.05) is 12.1 Å². The number of carbonyl (C=O) groups excluding carboxylic acids is 1. The van der Waals surface area contributed by atoms with Crippen LogP contribution in [-0.4, -0.2) is 10.9 Å². The molecule has 0 unspecified atom stereocenters. The summed E-state index contributed by atoms with van der Waals surface area (Å²) in [5.74, 6) is -0.0669. The van der Waals surface area contributed by atoms with Crippen LogP contribution in [0.25, 0.3) is 10.6 Å². The number of rotatable bonds is 4. The van der Waals surface area contributed by atoms with Crippen molar-refractivity contribution in [3.8, 4) is 10.6 Å². The van der Waals surface area contributed by atoms with Gasteiger partial charge in [0.05, 0.1) is 5.69 Å². The van der Waals surface area contributed by atoms with Crippen LogP contribution in [0.4, 0.5) is 0 Å². The first-order chi connectivity index (χ1) is 11.1. The maximum Gasteiger partial charge on any atom is 0.263 e.